The first-order chi connectivity index (χ1) is 12.8. The minimum absolute atomic E-state index is 0.0847. The monoisotopic (exact) mass is 352 g/mol. The van der Waals surface area contributed by atoms with Gasteiger partial charge in [-0.25, -0.2) is 9.97 Å². The third kappa shape index (κ3) is 3.65. The van der Waals surface area contributed by atoms with E-state index in [2.05, 4.69) is 25.5 Å². The lowest BCUT2D eigenvalue weighted by Gasteiger charge is -2.15. The number of ether oxygens (including phenoxy) is 1. The van der Waals surface area contributed by atoms with Crippen LogP contribution in [0.25, 0.3) is 17.1 Å². The fourth-order valence-electron chi connectivity index (χ4n) is 3.00. The molecule has 134 valence electrons. The zero-order chi connectivity index (χ0) is 17.8. The zero-order valence-corrected chi connectivity index (χ0v) is 14.2. The summed E-state index contributed by atoms with van der Waals surface area (Å²) < 4.78 is 7.68. The number of nitrogens with one attached hydrogen (secondary N) is 1. The Hall–Kier alpha value is -3.00. The van der Waals surface area contributed by atoms with Crippen molar-refractivity contribution in [3.8, 4) is 28.7 Å². The summed E-state index contributed by atoms with van der Waals surface area (Å²) >= 11 is 0. The number of aromatic nitrogens is 5. The number of rotatable bonds is 4. The molecule has 1 aromatic carbocycles. The highest BCUT2D eigenvalue weighted by atomic mass is 16.5. The largest absolute Gasteiger partial charge is 0.507 e. The molecular weight excluding hydrogens is 332 g/mol. The Bertz CT molecular complexity index is 843. The number of phenols is 1. The molecule has 3 heterocycles. The van der Waals surface area contributed by atoms with Gasteiger partial charge in [0, 0.05) is 18.5 Å². The van der Waals surface area contributed by atoms with Crippen molar-refractivity contribution in [1.82, 2.24) is 30.0 Å². The highest BCUT2D eigenvalue weighted by Crippen LogP contribution is 2.28. The van der Waals surface area contributed by atoms with Crippen LogP contribution in [0.5, 0.6) is 11.6 Å². The molecule has 0 bridgehead atoms. The topological polar surface area (TPSA) is 98.0 Å². The molecule has 1 fully saturated rings. The van der Waals surface area contributed by atoms with E-state index >= 15 is 0 Å². The molecule has 2 N–H and O–H groups in total. The Balaban J connectivity index is 1.49. The minimum Gasteiger partial charge on any atom is -0.507 e. The summed E-state index contributed by atoms with van der Waals surface area (Å²) in [7, 11) is 0. The van der Waals surface area contributed by atoms with Gasteiger partial charge in [-0.1, -0.05) is 0 Å². The molecule has 1 aliphatic rings. The van der Waals surface area contributed by atoms with Crippen molar-refractivity contribution >= 4 is 0 Å². The van der Waals surface area contributed by atoms with Gasteiger partial charge in [0.05, 0.1) is 23.8 Å². The Morgan fingerprint density at radius 2 is 2.15 bits per heavy atom. The van der Waals surface area contributed by atoms with Crippen molar-refractivity contribution in [3.63, 3.8) is 0 Å². The van der Waals surface area contributed by atoms with Gasteiger partial charge in [0.2, 0.25) is 0 Å². The summed E-state index contributed by atoms with van der Waals surface area (Å²) in [6.45, 7) is 1.97. The molecule has 0 aliphatic carbocycles. The van der Waals surface area contributed by atoms with Crippen molar-refractivity contribution < 1.29 is 9.84 Å². The van der Waals surface area contributed by atoms with E-state index in [-0.39, 0.29) is 11.9 Å². The standard InChI is InChI=1S/C18H20N6O2/c25-16-10-13(24-9-8-20-12-24)3-4-15(16)18-21-11-17(22-23-18)26-14-2-1-6-19-7-5-14/h3-4,8-12,14,19,25H,1-2,5-7H2/t14-/m0/s1. The molecule has 1 saturated heterocycles. The predicted octanol–water partition coefficient (Wildman–Crippen LogP) is 1.95. The second-order valence-corrected chi connectivity index (χ2v) is 6.21. The first-order valence-electron chi connectivity index (χ1n) is 8.68. The van der Waals surface area contributed by atoms with Gasteiger partial charge in [-0.05, 0) is 44.5 Å². The van der Waals surface area contributed by atoms with Crippen LogP contribution in [-0.4, -0.2) is 49.0 Å². The number of hydrogen-bond donors (Lipinski definition) is 2. The van der Waals surface area contributed by atoms with E-state index in [1.807, 2.05) is 12.3 Å². The van der Waals surface area contributed by atoms with Crippen LogP contribution in [0.3, 0.4) is 0 Å². The summed E-state index contributed by atoms with van der Waals surface area (Å²) in [5.41, 5.74) is 1.32. The molecule has 1 atom stereocenters. The first kappa shape index (κ1) is 16.5. The maximum Gasteiger partial charge on any atom is 0.252 e. The molecule has 3 aromatic rings. The molecule has 8 heteroatoms. The van der Waals surface area contributed by atoms with Crippen molar-refractivity contribution in [2.75, 3.05) is 13.1 Å². The third-order valence-electron chi connectivity index (χ3n) is 4.38. The summed E-state index contributed by atoms with van der Waals surface area (Å²) in [5, 5.41) is 21.9. The van der Waals surface area contributed by atoms with Gasteiger partial charge in [0.25, 0.3) is 5.88 Å². The van der Waals surface area contributed by atoms with Crippen molar-refractivity contribution in [1.29, 1.82) is 0 Å². The Kier molecular flexibility index (Phi) is 4.74. The molecule has 0 amide bonds. The van der Waals surface area contributed by atoms with Crippen LogP contribution in [0.15, 0.2) is 43.1 Å². The Morgan fingerprint density at radius 3 is 2.92 bits per heavy atom. The predicted molar refractivity (Wildman–Crippen MR) is 95.2 cm³/mol. The second kappa shape index (κ2) is 7.49. The molecule has 0 unspecified atom stereocenters. The molecule has 4 rings (SSSR count). The van der Waals surface area contributed by atoms with Gasteiger partial charge in [-0.3, -0.25) is 0 Å². The summed E-state index contributed by atoms with van der Waals surface area (Å²) in [6.07, 6.45) is 9.87. The van der Waals surface area contributed by atoms with Gasteiger partial charge in [0.15, 0.2) is 5.82 Å². The maximum absolute atomic E-state index is 10.3. The Labute approximate surface area is 150 Å². The van der Waals surface area contributed by atoms with E-state index < -0.39 is 0 Å². The maximum atomic E-state index is 10.3. The highest BCUT2D eigenvalue weighted by Gasteiger charge is 2.15. The average molecular weight is 352 g/mol. The number of hydrogen-bond acceptors (Lipinski definition) is 7. The van der Waals surface area contributed by atoms with E-state index in [9.17, 15) is 5.11 Å². The SMILES string of the molecule is Oc1cc(-n2ccnc2)ccc1-c1ncc(O[C@H]2CCCNCC2)nn1. The van der Waals surface area contributed by atoms with E-state index in [0.717, 1.165) is 38.0 Å². The van der Waals surface area contributed by atoms with Crippen LogP contribution in [0.4, 0.5) is 0 Å². The summed E-state index contributed by atoms with van der Waals surface area (Å²) in [4.78, 5) is 8.30. The molecule has 1 aliphatic heterocycles. The molecule has 2 aromatic heterocycles. The van der Waals surface area contributed by atoms with E-state index in [1.165, 1.54) is 0 Å². The van der Waals surface area contributed by atoms with Crippen LogP contribution in [0.2, 0.25) is 0 Å². The molecule has 26 heavy (non-hydrogen) atoms. The number of aromatic hydroxyl groups is 1. The molecule has 0 saturated carbocycles. The smallest absolute Gasteiger partial charge is 0.252 e. The van der Waals surface area contributed by atoms with Crippen LogP contribution in [0, 0.1) is 0 Å². The third-order valence-corrected chi connectivity index (χ3v) is 4.38. The normalized spacial score (nSPS) is 17.6. The quantitative estimate of drug-likeness (QED) is 0.740. The number of benzene rings is 1. The molecule has 0 spiro atoms. The number of nitrogens with zero attached hydrogens (tertiary/aromatic N) is 5. The molecule has 0 radical (unpaired) electrons. The van der Waals surface area contributed by atoms with Crippen molar-refractivity contribution in [2.45, 2.75) is 25.4 Å². The van der Waals surface area contributed by atoms with Gasteiger partial charge >= 0.3 is 0 Å². The van der Waals surface area contributed by atoms with Gasteiger partial charge < -0.3 is 19.7 Å². The lowest BCUT2D eigenvalue weighted by atomic mass is 10.1. The fourth-order valence-corrected chi connectivity index (χ4v) is 3.00. The van der Waals surface area contributed by atoms with E-state index in [4.69, 9.17) is 4.74 Å². The first-order valence-corrected chi connectivity index (χ1v) is 8.68. The van der Waals surface area contributed by atoms with Crippen LogP contribution in [0.1, 0.15) is 19.3 Å². The van der Waals surface area contributed by atoms with E-state index in [1.54, 1.807) is 35.4 Å². The van der Waals surface area contributed by atoms with Crippen LogP contribution < -0.4 is 10.1 Å². The number of imidazole rings is 1. The van der Waals surface area contributed by atoms with Gasteiger partial charge in [0.1, 0.15) is 11.9 Å². The second-order valence-electron chi connectivity index (χ2n) is 6.21. The van der Waals surface area contributed by atoms with Crippen LogP contribution in [-0.2, 0) is 0 Å². The summed E-state index contributed by atoms with van der Waals surface area (Å²) in [6, 6.07) is 5.27. The van der Waals surface area contributed by atoms with Gasteiger partial charge in [-0.15, -0.1) is 10.2 Å². The number of phenolic OH excluding ortho intramolecular Hbond substituents is 1. The fraction of sp³-hybridized carbons (Fsp3) is 0.333. The van der Waals surface area contributed by atoms with Crippen LogP contribution >= 0.6 is 0 Å². The van der Waals surface area contributed by atoms with Gasteiger partial charge in [-0.2, -0.15) is 0 Å². The average Bonchev–Trinajstić information content (AvgIpc) is 3.08. The van der Waals surface area contributed by atoms with E-state index in [0.29, 0.717) is 17.3 Å². The van der Waals surface area contributed by atoms with Crippen molar-refractivity contribution in [2.24, 2.45) is 0 Å². The molecule has 8 nitrogen and oxygen atoms in total. The molecular formula is C18H20N6O2. The lowest BCUT2D eigenvalue weighted by molar-refractivity contribution is 0.177. The Morgan fingerprint density at radius 1 is 1.19 bits per heavy atom. The van der Waals surface area contributed by atoms with Crippen molar-refractivity contribution in [3.05, 3.63) is 43.1 Å². The minimum atomic E-state index is 0.0847. The lowest BCUT2D eigenvalue weighted by Crippen LogP contribution is -2.20. The zero-order valence-electron chi connectivity index (χ0n) is 14.2. The highest BCUT2D eigenvalue weighted by molar-refractivity contribution is 5.65. The summed E-state index contributed by atoms with van der Waals surface area (Å²) in [5.74, 6) is 0.853.